The standard InChI is InChI=1S/C22H22N2O5/c1-4-10-23-14(2)11-18(15(23)3)19(25)13-29-22(28)16-6-5-7-17(12-16)24-20(26)8-9-21(24)27/h4-7,11-12H,1,8-10,13H2,2-3H3. The summed E-state index contributed by atoms with van der Waals surface area (Å²) < 4.78 is 7.13. The first-order chi connectivity index (χ1) is 13.8. The number of hydrogen-bond acceptors (Lipinski definition) is 5. The van der Waals surface area contributed by atoms with Gasteiger partial charge in [-0.25, -0.2) is 4.79 Å². The van der Waals surface area contributed by atoms with Crippen LogP contribution in [0.4, 0.5) is 5.69 Å². The number of carbonyl (C=O) groups is 4. The number of amides is 2. The first-order valence-electron chi connectivity index (χ1n) is 9.27. The Morgan fingerprint density at radius 2 is 1.83 bits per heavy atom. The lowest BCUT2D eigenvalue weighted by Crippen LogP contribution is -2.28. The second-order valence-electron chi connectivity index (χ2n) is 6.86. The van der Waals surface area contributed by atoms with E-state index < -0.39 is 12.6 Å². The number of Topliss-reactive ketones (excluding diaryl/α,β-unsaturated/α-hetero) is 1. The summed E-state index contributed by atoms with van der Waals surface area (Å²) in [6, 6.07) is 7.84. The van der Waals surface area contributed by atoms with Crippen molar-refractivity contribution in [2.24, 2.45) is 0 Å². The van der Waals surface area contributed by atoms with Gasteiger partial charge in [0.1, 0.15) is 0 Å². The van der Waals surface area contributed by atoms with Crippen molar-refractivity contribution in [3.8, 4) is 0 Å². The second-order valence-corrected chi connectivity index (χ2v) is 6.86. The van der Waals surface area contributed by atoms with Crippen LogP contribution in [0.5, 0.6) is 0 Å². The fourth-order valence-electron chi connectivity index (χ4n) is 3.42. The molecular weight excluding hydrogens is 372 g/mol. The van der Waals surface area contributed by atoms with E-state index in [0.29, 0.717) is 17.8 Å². The van der Waals surface area contributed by atoms with Gasteiger partial charge in [0.15, 0.2) is 6.61 Å². The molecule has 1 fully saturated rings. The molecule has 7 nitrogen and oxygen atoms in total. The quantitative estimate of drug-likeness (QED) is 0.312. The summed E-state index contributed by atoms with van der Waals surface area (Å²) in [5, 5.41) is 0. The molecule has 2 amide bonds. The van der Waals surface area contributed by atoms with Gasteiger partial charge in [-0.2, -0.15) is 0 Å². The molecule has 0 N–H and O–H groups in total. The number of allylic oxidation sites excluding steroid dienone is 1. The molecule has 0 spiro atoms. The highest BCUT2D eigenvalue weighted by atomic mass is 16.5. The Kier molecular flexibility index (Phi) is 5.77. The number of imide groups is 1. The minimum absolute atomic E-state index is 0.159. The van der Waals surface area contributed by atoms with Crippen LogP contribution < -0.4 is 4.90 Å². The molecule has 7 heteroatoms. The lowest BCUT2D eigenvalue weighted by molar-refractivity contribution is -0.121. The zero-order valence-electron chi connectivity index (χ0n) is 16.4. The molecule has 0 radical (unpaired) electrons. The van der Waals surface area contributed by atoms with E-state index in [1.807, 2.05) is 18.4 Å². The summed E-state index contributed by atoms with van der Waals surface area (Å²) >= 11 is 0. The molecule has 0 atom stereocenters. The Morgan fingerprint density at radius 3 is 2.48 bits per heavy atom. The van der Waals surface area contributed by atoms with Gasteiger partial charge in [-0.05, 0) is 38.1 Å². The Bertz CT molecular complexity index is 1000. The highest BCUT2D eigenvalue weighted by Gasteiger charge is 2.30. The minimum atomic E-state index is -0.695. The van der Waals surface area contributed by atoms with Gasteiger partial charge in [0.2, 0.25) is 17.6 Å². The van der Waals surface area contributed by atoms with Crippen molar-refractivity contribution < 1.29 is 23.9 Å². The van der Waals surface area contributed by atoms with Gasteiger partial charge in [-0.3, -0.25) is 19.3 Å². The molecule has 0 aliphatic carbocycles. The van der Waals surface area contributed by atoms with Crippen LogP contribution >= 0.6 is 0 Å². The molecule has 2 heterocycles. The van der Waals surface area contributed by atoms with Gasteiger partial charge in [0.25, 0.3) is 0 Å². The molecule has 3 rings (SSSR count). The highest BCUT2D eigenvalue weighted by Crippen LogP contribution is 2.24. The van der Waals surface area contributed by atoms with E-state index in [-0.39, 0.29) is 36.0 Å². The third-order valence-corrected chi connectivity index (χ3v) is 4.91. The van der Waals surface area contributed by atoms with Gasteiger partial charge >= 0.3 is 5.97 Å². The van der Waals surface area contributed by atoms with Gasteiger partial charge in [-0.1, -0.05) is 12.1 Å². The van der Waals surface area contributed by atoms with Gasteiger partial charge < -0.3 is 9.30 Å². The Morgan fingerprint density at radius 1 is 1.14 bits per heavy atom. The fraction of sp³-hybridized carbons (Fsp3) is 0.273. The SMILES string of the molecule is C=CCn1c(C)cc(C(=O)COC(=O)c2cccc(N3C(=O)CCC3=O)c2)c1C. The maximum Gasteiger partial charge on any atom is 0.338 e. The summed E-state index contributed by atoms with van der Waals surface area (Å²) in [4.78, 5) is 49.7. The van der Waals surface area contributed by atoms with Gasteiger partial charge in [-0.15, -0.1) is 6.58 Å². The number of hydrogen-bond donors (Lipinski definition) is 0. The Hall–Kier alpha value is -3.48. The topological polar surface area (TPSA) is 85.7 Å². The molecule has 1 aromatic carbocycles. The van der Waals surface area contributed by atoms with Crippen molar-refractivity contribution in [2.75, 3.05) is 11.5 Å². The number of ether oxygens (including phenoxy) is 1. The van der Waals surface area contributed by atoms with Crippen molar-refractivity contribution >= 4 is 29.3 Å². The van der Waals surface area contributed by atoms with E-state index >= 15 is 0 Å². The summed E-state index contributed by atoms with van der Waals surface area (Å²) in [5.41, 5.74) is 2.70. The highest BCUT2D eigenvalue weighted by molar-refractivity contribution is 6.20. The average molecular weight is 394 g/mol. The first kappa shape index (κ1) is 20.3. The van der Waals surface area contributed by atoms with Crippen LogP contribution in [0.3, 0.4) is 0 Å². The molecular formula is C22H22N2O5. The monoisotopic (exact) mass is 394 g/mol. The van der Waals surface area contributed by atoms with E-state index in [2.05, 4.69) is 6.58 Å². The molecule has 0 saturated carbocycles. The zero-order valence-corrected chi connectivity index (χ0v) is 16.4. The van der Waals surface area contributed by atoms with Crippen LogP contribution in [0.25, 0.3) is 0 Å². The third-order valence-electron chi connectivity index (χ3n) is 4.91. The van der Waals surface area contributed by atoms with E-state index in [1.165, 1.54) is 12.1 Å². The minimum Gasteiger partial charge on any atom is -0.454 e. The van der Waals surface area contributed by atoms with Crippen molar-refractivity contribution in [3.63, 3.8) is 0 Å². The molecule has 29 heavy (non-hydrogen) atoms. The summed E-state index contributed by atoms with van der Waals surface area (Å²) in [5.74, 6) is -1.60. The van der Waals surface area contributed by atoms with Crippen LogP contribution in [0.15, 0.2) is 43.0 Å². The number of aromatic nitrogens is 1. The molecule has 150 valence electrons. The lowest BCUT2D eigenvalue weighted by Gasteiger charge is -2.14. The fourth-order valence-corrected chi connectivity index (χ4v) is 3.42. The molecule has 0 bridgehead atoms. The molecule has 1 aliphatic rings. The molecule has 1 aromatic heterocycles. The van der Waals surface area contributed by atoms with Crippen LogP contribution in [0.1, 0.15) is 44.9 Å². The Labute approximate surface area is 168 Å². The van der Waals surface area contributed by atoms with E-state index in [0.717, 1.165) is 16.3 Å². The molecule has 0 unspecified atom stereocenters. The summed E-state index contributed by atoms with van der Waals surface area (Å²) in [6.45, 7) is 7.63. The maximum atomic E-state index is 12.5. The largest absolute Gasteiger partial charge is 0.454 e. The van der Waals surface area contributed by atoms with Crippen molar-refractivity contribution in [3.05, 3.63) is 65.5 Å². The van der Waals surface area contributed by atoms with Gasteiger partial charge in [0, 0.05) is 36.3 Å². The lowest BCUT2D eigenvalue weighted by atomic mass is 10.1. The number of carbonyl (C=O) groups excluding carboxylic acids is 4. The molecule has 1 aliphatic heterocycles. The second kappa shape index (κ2) is 8.26. The summed E-state index contributed by atoms with van der Waals surface area (Å²) in [7, 11) is 0. The van der Waals surface area contributed by atoms with Crippen LogP contribution in [-0.4, -0.2) is 34.7 Å². The normalized spacial score (nSPS) is 13.7. The van der Waals surface area contributed by atoms with E-state index in [9.17, 15) is 19.2 Å². The summed E-state index contributed by atoms with van der Waals surface area (Å²) in [6.07, 6.45) is 2.07. The number of aryl methyl sites for hydroxylation is 1. The third kappa shape index (κ3) is 4.03. The molecule has 2 aromatic rings. The van der Waals surface area contributed by atoms with E-state index in [4.69, 9.17) is 4.74 Å². The number of ketones is 1. The predicted octanol–water partition coefficient (Wildman–Crippen LogP) is 2.98. The van der Waals surface area contributed by atoms with Crippen molar-refractivity contribution in [1.29, 1.82) is 0 Å². The number of nitrogens with zero attached hydrogens (tertiary/aromatic N) is 2. The Balaban J connectivity index is 1.70. The maximum absolute atomic E-state index is 12.5. The first-order valence-corrected chi connectivity index (χ1v) is 9.27. The zero-order chi connectivity index (χ0) is 21.1. The number of esters is 1. The van der Waals surface area contributed by atoms with E-state index in [1.54, 1.807) is 24.3 Å². The molecule has 1 saturated heterocycles. The number of rotatable bonds is 7. The van der Waals surface area contributed by atoms with Crippen LogP contribution in [-0.2, 0) is 20.9 Å². The van der Waals surface area contributed by atoms with Crippen LogP contribution in [0, 0.1) is 13.8 Å². The van der Waals surface area contributed by atoms with Crippen LogP contribution in [0.2, 0.25) is 0 Å². The number of benzene rings is 1. The predicted molar refractivity (Wildman–Crippen MR) is 107 cm³/mol. The van der Waals surface area contributed by atoms with Gasteiger partial charge in [0.05, 0.1) is 11.3 Å². The van der Waals surface area contributed by atoms with Crippen molar-refractivity contribution in [2.45, 2.75) is 33.2 Å². The average Bonchev–Trinajstić information content (AvgIpc) is 3.19. The van der Waals surface area contributed by atoms with Crippen molar-refractivity contribution in [1.82, 2.24) is 4.57 Å². The number of anilines is 1. The smallest absolute Gasteiger partial charge is 0.338 e.